The molecule has 2 amide bonds. The topological polar surface area (TPSA) is 64.9 Å². The third-order valence-corrected chi connectivity index (χ3v) is 3.06. The van der Waals surface area contributed by atoms with E-state index in [1.54, 1.807) is 0 Å². The van der Waals surface area contributed by atoms with Gasteiger partial charge in [-0.2, -0.15) is 5.26 Å². The van der Waals surface area contributed by atoms with E-state index in [2.05, 4.69) is 10.6 Å². The van der Waals surface area contributed by atoms with Gasteiger partial charge in [0, 0.05) is 6.54 Å². The summed E-state index contributed by atoms with van der Waals surface area (Å²) in [4.78, 5) is 11.9. The maximum absolute atomic E-state index is 11.9. The molecule has 0 unspecified atom stereocenters. The molecule has 0 bridgehead atoms. The van der Waals surface area contributed by atoms with E-state index < -0.39 is 0 Å². The van der Waals surface area contributed by atoms with Crippen molar-refractivity contribution in [2.24, 2.45) is 0 Å². The Hall–Kier alpha value is -2.80. The molecule has 0 saturated heterocycles. The van der Waals surface area contributed by atoms with Gasteiger partial charge in [0.15, 0.2) is 0 Å². The first-order valence-electron chi connectivity index (χ1n) is 6.82. The van der Waals surface area contributed by atoms with Crippen LogP contribution in [-0.2, 0) is 0 Å². The Kier molecular flexibility index (Phi) is 5.36. The number of benzene rings is 2. The fourth-order valence-electron chi connectivity index (χ4n) is 2.06. The molecule has 2 N–H and O–H groups in total. The first kappa shape index (κ1) is 14.6. The van der Waals surface area contributed by atoms with E-state index in [0.29, 0.717) is 13.0 Å². The van der Waals surface area contributed by atoms with E-state index in [1.807, 2.05) is 66.7 Å². The van der Waals surface area contributed by atoms with Crippen LogP contribution in [0.4, 0.5) is 4.79 Å². The van der Waals surface area contributed by atoms with E-state index in [4.69, 9.17) is 5.26 Å². The fraction of sp³-hybridized carbons (Fsp3) is 0.176. The third kappa shape index (κ3) is 4.36. The normalized spacial score (nSPS) is 9.90. The first-order valence-corrected chi connectivity index (χ1v) is 6.82. The van der Waals surface area contributed by atoms with Crippen LogP contribution in [0, 0.1) is 11.3 Å². The number of amides is 2. The maximum Gasteiger partial charge on any atom is 0.315 e. The first-order chi connectivity index (χ1) is 10.3. The number of nitrogens with zero attached hydrogens (tertiary/aromatic N) is 1. The molecule has 0 fully saturated rings. The van der Waals surface area contributed by atoms with Gasteiger partial charge in [0.25, 0.3) is 0 Å². The molecule has 0 heterocycles. The zero-order chi connectivity index (χ0) is 14.9. The standard InChI is InChI=1S/C17H17N3O/c18-12-7-13-19-17(21)20-16(14-8-3-1-4-9-14)15-10-5-2-6-11-15/h1-6,8-11,16H,7,13H2,(H2,19,20,21). The molecule has 4 nitrogen and oxygen atoms in total. The smallest absolute Gasteiger partial charge is 0.315 e. The van der Waals surface area contributed by atoms with Crippen LogP contribution >= 0.6 is 0 Å². The summed E-state index contributed by atoms with van der Waals surface area (Å²) in [5, 5.41) is 14.1. The van der Waals surface area contributed by atoms with Crippen LogP contribution in [0.3, 0.4) is 0 Å². The van der Waals surface area contributed by atoms with E-state index in [1.165, 1.54) is 0 Å². The summed E-state index contributed by atoms with van der Waals surface area (Å²) in [6, 6.07) is 21.1. The SMILES string of the molecule is N#CCCNC(=O)NC(c1ccccc1)c1ccccc1. The van der Waals surface area contributed by atoms with Crippen LogP contribution < -0.4 is 10.6 Å². The van der Waals surface area contributed by atoms with Gasteiger partial charge in [0.2, 0.25) is 0 Å². The summed E-state index contributed by atoms with van der Waals surface area (Å²) in [5.74, 6) is 0. The molecular weight excluding hydrogens is 262 g/mol. The Labute approximate surface area is 124 Å². The lowest BCUT2D eigenvalue weighted by Gasteiger charge is -2.20. The van der Waals surface area contributed by atoms with Gasteiger partial charge in [-0.1, -0.05) is 60.7 Å². The minimum absolute atomic E-state index is 0.213. The lowest BCUT2D eigenvalue weighted by molar-refractivity contribution is 0.239. The van der Waals surface area contributed by atoms with Crippen molar-refractivity contribution in [3.8, 4) is 6.07 Å². The fourth-order valence-corrected chi connectivity index (χ4v) is 2.06. The van der Waals surface area contributed by atoms with Gasteiger partial charge in [0.1, 0.15) is 0 Å². The summed E-state index contributed by atoms with van der Waals surface area (Å²) in [5.41, 5.74) is 2.03. The number of hydrogen-bond acceptors (Lipinski definition) is 2. The number of nitrogens with one attached hydrogen (secondary N) is 2. The van der Waals surface area contributed by atoms with Crippen molar-refractivity contribution in [3.63, 3.8) is 0 Å². The van der Waals surface area contributed by atoms with Crippen LogP contribution in [0.5, 0.6) is 0 Å². The molecule has 0 aliphatic heterocycles. The highest BCUT2D eigenvalue weighted by molar-refractivity contribution is 5.75. The van der Waals surface area contributed by atoms with Crippen molar-refractivity contribution < 1.29 is 4.79 Å². The van der Waals surface area contributed by atoms with Gasteiger partial charge < -0.3 is 10.6 Å². The average molecular weight is 279 g/mol. The molecule has 0 atom stereocenters. The van der Waals surface area contributed by atoms with Crippen LogP contribution in [0.15, 0.2) is 60.7 Å². The maximum atomic E-state index is 11.9. The van der Waals surface area contributed by atoms with Gasteiger partial charge in [-0.05, 0) is 11.1 Å². The third-order valence-electron chi connectivity index (χ3n) is 3.06. The summed E-state index contributed by atoms with van der Waals surface area (Å²) in [7, 11) is 0. The van der Waals surface area contributed by atoms with Crippen molar-refractivity contribution in [1.82, 2.24) is 10.6 Å². The highest BCUT2D eigenvalue weighted by Crippen LogP contribution is 2.21. The van der Waals surface area contributed by atoms with Gasteiger partial charge in [-0.3, -0.25) is 0 Å². The molecule has 0 aliphatic carbocycles. The molecule has 2 rings (SSSR count). The van der Waals surface area contributed by atoms with Crippen LogP contribution in [0.25, 0.3) is 0 Å². The monoisotopic (exact) mass is 279 g/mol. The van der Waals surface area contributed by atoms with Crippen molar-refractivity contribution in [2.45, 2.75) is 12.5 Å². The highest BCUT2D eigenvalue weighted by atomic mass is 16.2. The van der Waals surface area contributed by atoms with Crippen LogP contribution in [0.2, 0.25) is 0 Å². The van der Waals surface area contributed by atoms with Gasteiger partial charge >= 0.3 is 6.03 Å². The highest BCUT2D eigenvalue weighted by Gasteiger charge is 2.15. The van der Waals surface area contributed by atoms with E-state index in [0.717, 1.165) is 11.1 Å². The van der Waals surface area contributed by atoms with E-state index in [-0.39, 0.29) is 12.1 Å². The molecule has 0 aromatic heterocycles. The lowest BCUT2D eigenvalue weighted by Crippen LogP contribution is -2.38. The second-order valence-electron chi connectivity index (χ2n) is 4.56. The minimum atomic E-state index is -0.275. The van der Waals surface area contributed by atoms with Crippen LogP contribution in [-0.4, -0.2) is 12.6 Å². The summed E-state index contributed by atoms with van der Waals surface area (Å²) in [6.45, 7) is 0.346. The van der Waals surface area contributed by atoms with Gasteiger partial charge in [0.05, 0.1) is 18.5 Å². The van der Waals surface area contributed by atoms with Gasteiger partial charge in [-0.15, -0.1) is 0 Å². The lowest BCUT2D eigenvalue weighted by atomic mass is 9.99. The molecule has 0 aliphatic rings. The summed E-state index contributed by atoms with van der Waals surface area (Å²) in [6.07, 6.45) is 0.300. The zero-order valence-corrected chi connectivity index (χ0v) is 11.6. The van der Waals surface area contributed by atoms with Crippen molar-refractivity contribution >= 4 is 6.03 Å². The Balaban J connectivity index is 2.14. The Morgan fingerprint density at radius 1 is 1.00 bits per heavy atom. The molecule has 2 aromatic rings. The zero-order valence-electron chi connectivity index (χ0n) is 11.6. The number of carbonyl (C=O) groups is 1. The number of hydrogen-bond donors (Lipinski definition) is 2. The second kappa shape index (κ2) is 7.71. The Bertz CT molecular complexity index is 565. The van der Waals surface area contributed by atoms with E-state index >= 15 is 0 Å². The molecule has 106 valence electrons. The summed E-state index contributed by atoms with van der Waals surface area (Å²) >= 11 is 0. The van der Waals surface area contributed by atoms with Crippen molar-refractivity contribution in [3.05, 3.63) is 71.8 Å². The molecule has 2 aromatic carbocycles. The molecule has 0 radical (unpaired) electrons. The predicted octanol–water partition coefficient (Wildman–Crippen LogP) is 2.99. The van der Waals surface area contributed by atoms with Crippen LogP contribution in [0.1, 0.15) is 23.6 Å². The molecule has 0 spiro atoms. The van der Waals surface area contributed by atoms with Gasteiger partial charge in [-0.25, -0.2) is 4.79 Å². The van der Waals surface area contributed by atoms with E-state index in [9.17, 15) is 4.79 Å². The number of nitriles is 1. The Morgan fingerprint density at radius 2 is 1.52 bits per heavy atom. The predicted molar refractivity (Wildman–Crippen MR) is 81.5 cm³/mol. The number of carbonyl (C=O) groups excluding carboxylic acids is 1. The largest absolute Gasteiger partial charge is 0.337 e. The molecular formula is C17H17N3O. The van der Waals surface area contributed by atoms with Crippen molar-refractivity contribution in [1.29, 1.82) is 5.26 Å². The minimum Gasteiger partial charge on any atom is -0.337 e. The Morgan fingerprint density at radius 3 is 2.00 bits per heavy atom. The average Bonchev–Trinajstić information content (AvgIpc) is 2.54. The second-order valence-corrected chi connectivity index (χ2v) is 4.56. The number of urea groups is 1. The quantitative estimate of drug-likeness (QED) is 0.826. The van der Waals surface area contributed by atoms with Crippen molar-refractivity contribution in [2.75, 3.05) is 6.54 Å². The molecule has 21 heavy (non-hydrogen) atoms. The molecule has 0 saturated carbocycles. The molecule has 4 heteroatoms. The number of rotatable bonds is 5. The summed E-state index contributed by atoms with van der Waals surface area (Å²) < 4.78 is 0.